The van der Waals surface area contributed by atoms with E-state index < -0.39 is 0 Å². The summed E-state index contributed by atoms with van der Waals surface area (Å²) in [4.78, 5) is 16.0. The third-order valence-electron chi connectivity index (χ3n) is 3.25. The average molecular weight is 288 g/mol. The van der Waals surface area contributed by atoms with E-state index in [1.807, 2.05) is 12.3 Å². The summed E-state index contributed by atoms with van der Waals surface area (Å²) in [5, 5.41) is 5.59. The maximum Gasteiger partial charge on any atom is 0.246 e. The maximum atomic E-state index is 14.1. The number of benzene rings is 1. The highest BCUT2D eigenvalue weighted by atomic mass is 32.1. The number of hydrogen-bond donors (Lipinski definition) is 1. The van der Waals surface area contributed by atoms with Gasteiger partial charge in [0.2, 0.25) is 5.91 Å². The highest BCUT2D eigenvalue weighted by molar-refractivity contribution is 7.15. The normalized spacial score (nSPS) is 14.3. The van der Waals surface area contributed by atoms with Crippen LogP contribution in [0.3, 0.4) is 0 Å². The lowest BCUT2D eigenvalue weighted by molar-refractivity contribution is -0.114. The fourth-order valence-electron chi connectivity index (χ4n) is 2.27. The van der Waals surface area contributed by atoms with E-state index in [-0.39, 0.29) is 18.3 Å². The topological polar surface area (TPSA) is 41.5 Å². The van der Waals surface area contributed by atoms with Crippen molar-refractivity contribution in [1.82, 2.24) is 0 Å². The van der Waals surface area contributed by atoms with Crippen LogP contribution in [0.1, 0.15) is 23.6 Å². The van der Waals surface area contributed by atoms with Gasteiger partial charge in [0.25, 0.3) is 0 Å². The predicted molar refractivity (Wildman–Crippen MR) is 79.2 cm³/mol. The molecule has 2 aromatic rings. The summed E-state index contributed by atoms with van der Waals surface area (Å²) in [6.45, 7) is 2.06. The number of fused-ring (bicyclic) bond motifs is 1. The molecule has 1 N–H and O–H groups in total. The van der Waals surface area contributed by atoms with Gasteiger partial charge in [-0.25, -0.2) is 4.39 Å². The van der Waals surface area contributed by atoms with Crippen molar-refractivity contribution in [1.29, 1.82) is 0 Å². The van der Waals surface area contributed by atoms with Gasteiger partial charge in [-0.3, -0.25) is 9.79 Å². The molecule has 1 aliphatic rings. The van der Waals surface area contributed by atoms with Crippen molar-refractivity contribution in [2.24, 2.45) is 4.99 Å². The molecule has 2 heterocycles. The van der Waals surface area contributed by atoms with Crippen LogP contribution in [0.15, 0.2) is 34.6 Å². The summed E-state index contributed by atoms with van der Waals surface area (Å²) in [6.07, 6.45) is 0.815. The maximum absolute atomic E-state index is 14.1. The molecule has 1 aromatic carbocycles. The number of aliphatic imine (C=N–C) groups is 1. The Balaban J connectivity index is 2.23. The van der Waals surface area contributed by atoms with Crippen LogP contribution in [0.2, 0.25) is 0 Å². The summed E-state index contributed by atoms with van der Waals surface area (Å²) >= 11 is 1.46. The van der Waals surface area contributed by atoms with E-state index in [0.717, 1.165) is 22.5 Å². The molecular formula is C15H13FN2OS. The molecule has 0 fully saturated rings. The third-order valence-corrected chi connectivity index (χ3v) is 4.19. The van der Waals surface area contributed by atoms with Crippen molar-refractivity contribution >= 4 is 28.0 Å². The number of amides is 1. The summed E-state index contributed by atoms with van der Waals surface area (Å²) < 4.78 is 14.1. The number of halogens is 1. The highest BCUT2D eigenvalue weighted by Gasteiger charge is 2.23. The Morgan fingerprint density at radius 3 is 2.95 bits per heavy atom. The zero-order valence-electron chi connectivity index (χ0n) is 10.9. The van der Waals surface area contributed by atoms with Crippen LogP contribution in [0.25, 0.3) is 0 Å². The van der Waals surface area contributed by atoms with Crippen LogP contribution in [-0.4, -0.2) is 18.2 Å². The Bertz CT molecular complexity index is 706. The molecule has 0 bridgehead atoms. The molecular weight excluding hydrogens is 275 g/mol. The van der Waals surface area contributed by atoms with Crippen molar-refractivity contribution in [3.63, 3.8) is 0 Å². The van der Waals surface area contributed by atoms with E-state index in [1.54, 1.807) is 18.2 Å². The summed E-state index contributed by atoms with van der Waals surface area (Å²) in [6, 6.07) is 6.54. The van der Waals surface area contributed by atoms with Crippen LogP contribution in [-0.2, 0) is 11.2 Å². The number of nitrogens with zero attached hydrogens (tertiary/aromatic N) is 1. The Kier molecular flexibility index (Phi) is 3.36. The van der Waals surface area contributed by atoms with Gasteiger partial charge in [-0.15, -0.1) is 11.3 Å². The largest absolute Gasteiger partial charge is 0.316 e. The summed E-state index contributed by atoms with van der Waals surface area (Å²) in [7, 11) is 0. The van der Waals surface area contributed by atoms with Gasteiger partial charge in [-0.2, -0.15) is 0 Å². The molecule has 0 spiro atoms. The summed E-state index contributed by atoms with van der Waals surface area (Å²) in [5.41, 5.74) is 2.94. The van der Waals surface area contributed by atoms with E-state index in [9.17, 15) is 9.18 Å². The first-order valence-electron chi connectivity index (χ1n) is 6.40. The van der Waals surface area contributed by atoms with Crippen LogP contribution in [0, 0.1) is 5.82 Å². The van der Waals surface area contributed by atoms with Gasteiger partial charge < -0.3 is 5.32 Å². The Labute approximate surface area is 120 Å². The van der Waals surface area contributed by atoms with Crippen molar-refractivity contribution in [3.05, 3.63) is 52.2 Å². The van der Waals surface area contributed by atoms with Crippen molar-refractivity contribution < 1.29 is 9.18 Å². The molecule has 0 atom stereocenters. The van der Waals surface area contributed by atoms with E-state index >= 15 is 0 Å². The van der Waals surface area contributed by atoms with Gasteiger partial charge in [-0.1, -0.05) is 19.1 Å². The molecule has 1 aliphatic heterocycles. The first-order chi connectivity index (χ1) is 9.70. The van der Waals surface area contributed by atoms with Gasteiger partial charge in [0.1, 0.15) is 17.4 Å². The van der Waals surface area contributed by atoms with Crippen LogP contribution >= 0.6 is 11.3 Å². The molecule has 0 radical (unpaired) electrons. The molecule has 1 aromatic heterocycles. The van der Waals surface area contributed by atoms with Gasteiger partial charge in [0.15, 0.2) is 0 Å². The van der Waals surface area contributed by atoms with Gasteiger partial charge in [-0.05, 0) is 29.5 Å². The number of aryl methyl sites for hydroxylation is 1. The van der Waals surface area contributed by atoms with Crippen LogP contribution in [0.4, 0.5) is 9.39 Å². The second-order valence-corrected chi connectivity index (χ2v) is 5.39. The minimum Gasteiger partial charge on any atom is -0.316 e. The Morgan fingerprint density at radius 1 is 1.40 bits per heavy atom. The zero-order chi connectivity index (χ0) is 14.1. The molecule has 5 heteroatoms. The quantitative estimate of drug-likeness (QED) is 0.905. The highest BCUT2D eigenvalue weighted by Crippen LogP contribution is 2.33. The van der Waals surface area contributed by atoms with E-state index in [2.05, 4.69) is 10.3 Å². The number of anilines is 1. The van der Waals surface area contributed by atoms with Crippen molar-refractivity contribution in [2.45, 2.75) is 13.3 Å². The number of hydrogen-bond acceptors (Lipinski definition) is 3. The lowest BCUT2D eigenvalue weighted by Gasteiger charge is -2.09. The SMILES string of the molecule is CCc1csc2c1C(c1ccccc1F)=NCC(=O)N2. The fourth-order valence-corrected chi connectivity index (χ4v) is 3.34. The molecule has 0 unspecified atom stereocenters. The zero-order valence-corrected chi connectivity index (χ0v) is 11.8. The molecule has 3 rings (SSSR count). The monoisotopic (exact) mass is 288 g/mol. The number of nitrogens with one attached hydrogen (secondary N) is 1. The molecule has 0 saturated carbocycles. The van der Waals surface area contributed by atoms with Gasteiger partial charge in [0.05, 0.1) is 5.71 Å². The van der Waals surface area contributed by atoms with E-state index in [0.29, 0.717) is 11.3 Å². The van der Waals surface area contributed by atoms with E-state index in [4.69, 9.17) is 0 Å². The second-order valence-electron chi connectivity index (χ2n) is 4.51. The number of thiophene rings is 1. The minimum absolute atomic E-state index is 0.0220. The van der Waals surface area contributed by atoms with E-state index in [1.165, 1.54) is 17.4 Å². The van der Waals surface area contributed by atoms with Crippen molar-refractivity contribution in [2.75, 3.05) is 11.9 Å². The molecule has 0 saturated heterocycles. The smallest absolute Gasteiger partial charge is 0.246 e. The Hall–Kier alpha value is -2.01. The Morgan fingerprint density at radius 2 is 2.20 bits per heavy atom. The molecule has 20 heavy (non-hydrogen) atoms. The van der Waals surface area contributed by atoms with Crippen molar-refractivity contribution in [3.8, 4) is 0 Å². The standard InChI is InChI=1S/C15H13FN2OS/c1-2-9-8-20-15-13(9)14(17-7-12(19)18-15)10-5-3-4-6-11(10)16/h3-6,8H,2,7H2,1H3,(H,18,19). The molecule has 1 amide bonds. The first-order valence-corrected chi connectivity index (χ1v) is 7.28. The number of rotatable bonds is 2. The summed E-state index contributed by atoms with van der Waals surface area (Å²) in [5.74, 6) is -0.484. The van der Waals surface area contributed by atoms with Gasteiger partial charge in [0, 0.05) is 11.1 Å². The average Bonchev–Trinajstić information content (AvgIpc) is 2.76. The predicted octanol–water partition coefficient (Wildman–Crippen LogP) is 3.24. The van der Waals surface area contributed by atoms with Crippen LogP contribution in [0.5, 0.6) is 0 Å². The fraction of sp³-hybridized carbons (Fsp3) is 0.200. The molecule has 102 valence electrons. The number of carbonyl (C=O) groups is 1. The minimum atomic E-state index is -0.320. The molecule has 3 nitrogen and oxygen atoms in total. The lowest BCUT2D eigenvalue weighted by Crippen LogP contribution is -2.12. The van der Waals surface area contributed by atoms with Crippen LogP contribution < -0.4 is 5.32 Å². The third kappa shape index (κ3) is 2.14. The first kappa shape index (κ1) is 13.0. The second kappa shape index (κ2) is 5.17. The molecule has 0 aliphatic carbocycles. The van der Waals surface area contributed by atoms with Gasteiger partial charge >= 0.3 is 0 Å². The number of carbonyl (C=O) groups excluding carboxylic acids is 1. The lowest BCUT2D eigenvalue weighted by atomic mass is 9.99.